The maximum absolute atomic E-state index is 13.5. The van der Waals surface area contributed by atoms with E-state index in [-0.39, 0.29) is 23.2 Å². The van der Waals surface area contributed by atoms with Crippen LogP contribution in [-0.2, 0) is 0 Å². The minimum Gasteiger partial charge on any atom is -0.327 e. The summed E-state index contributed by atoms with van der Waals surface area (Å²) >= 11 is 5.68. The van der Waals surface area contributed by atoms with Gasteiger partial charge in [0.05, 0.1) is 0 Å². The van der Waals surface area contributed by atoms with Gasteiger partial charge in [-0.25, -0.2) is 4.39 Å². The summed E-state index contributed by atoms with van der Waals surface area (Å²) in [4.78, 5) is 0. The summed E-state index contributed by atoms with van der Waals surface area (Å²) in [7, 11) is 0. The van der Waals surface area contributed by atoms with E-state index in [1.54, 1.807) is 12.1 Å². The molecule has 3 heteroatoms. The Bertz CT molecular complexity index is 376. The number of rotatable bonds is 1. The fraction of sp³-hybridized carbons (Fsp3) is 0.455. The molecule has 1 aliphatic carbocycles. The Morgan fingerprint density at radius 1 is 1.43 bits per heavy atom. The van der Waals surface area contributed by atoms with Gasteiger partial charge >= 0.3 is 0 Å². The third kappa shape index (κ3) is 1.33. The van der Waals surface area contributed by atoms with Crippen molar-refractivity contribution < 1.29 is 4.39 Å². The predicted molar refractivity (Wildman–Crippen MR) is 55.9 cm³/mol. The Morgan fingerprint density at radius 3 is 2.43 bits per heavy atom. The number of benzene rings is 1. The lowest BCUT2D eigenvalue weighted by Gasteiger charge is -2.04. The van der Waals surface area contributed by atoms with Crippen LogP contribution in [0.3, 0.4) is 0 Å². The lowest BCUT2D eigenvalue weighted by molar-refractivity contribution is 0.571. The second kappa shape index (κ2) is 2.94. The van der Waals surface area contributed by atoms with Crippen LogP contribution in [0.25, 0.3) is 0 Å². The van der Waals surface area contributed by atoms with Gasteiger partial charge in [-0.2, -0.15) is 0 Å². The van der Waals surface area contributed by atoms with Crippen molar-refractivity contribution in [3.63, 3.8) is 0 Å². The maximum atomic E-state index is 13.5. The molecule has 0 radical (unpaired) electrons. The van der Waals surface area contributed by atoms with E-state index < -0.39 is 0 Å². The molecular formula is C11H13ClFN. The molecule has 1 fully saturated rings. The minimum atomic E-state index is -0.247. The number of halogens is 2. The van der Waals surface area contributed by atoms with Gasteiger partial charge in [0.1, 0.15) is 5.82 Å². The van der Waals surface area contributed by atoms with Crippen molar-refractivity contribution in [1.82, 2.24) is 0 Å². The molecule has 2 rings (SSSR count). The lowest BCUT2D eigenvalue weighted by atomic mass is 10.0. The maximum Gasteiger partial charge on any atom is 0.128 e. The van der Waals surface area contributed by atoms with Crippen molar-refractivity contribution in [3.8, 4) is 0 Å². The summed E-state index contributed by atoms with van der Waals surface area (Å²) in [5, 5.41) is 0.429. The van der Waals surface area contributed by atoms with Gasteiger partial charge in [0, 0.05) is 17.0 Å². The SMILES string of the molecule is CC1(C)[C@@H](N)[C@@H]1c1ccc(Cl)cc1F. The fourth-order valence-corrected chi connectivity index (χ4v) is 2.18. The number of nitrogens with two attached hydrogens (primary N) is 1. The van der Waals surface area contributed by atoms with Crippen molar-refractivity contribution in [1.29, 1.82) is 0 Å². The molecule has 1 aromatic rings. The average molecular weight is 214 g/mol. The molecule has 1 aromatic carbocycles. The quantitative estimate of drug-likeness (QED) is 0.763. The minimum absolute atomic E-state index is 0.00860. The molecule has 0 saturated heterocycles. The van der Waals surface area contributed by atoms with Gasteiger partial charge in [-0.3, -0.25) is 0 Å². The van der Waals surface area contributed by atoms with Gasteiger partial charge in [0.15, 0.2) is 0 Å². The normalized spacial score (nSPS) is 28.9. The number of hydrogen-bond donors (Lipinski definition) is 1. The van der Waals surface area contributed by atoms with Gasteiger partial charge in [-0.05, 0) is 23.1 Å². The molecule has 0 heterocycles. The molecule has 0 spiro atoms. The van der Waals surface area contributed by atoms with Crippen LogP contribution in [0.1, 0.15) is 25.3 Å². The Labute approximate surface area is 88.1 Å². The van der Waals surface area contributed by atoms with E-state index in [1.165, 1.54) is 6.07 Å². The molecule has 0 aromatic heterocycles. The highest BCUT2D eigenvalue weighted by Crippen LogP contribution is 2.57. The Balaban J connectivity index is 2.36. The van der Waals surface area contributed by atoms with Crippen LogP contribution in [0.4, 0.5) is 4.39 Å². The van der Waals surface area contributed by atoms with Gasteiger partial charge in [-0.1, -0.05) is 31.5 Å². The van der Waals surface area contributed by atoms with E-state index >= 15 is 0 Å². The van der Waals surface area contributed by atoms with E-state index in [0.717, 1.165) is 0 Å². The van der Waals surface area contributed by atoms with Crippen molar-refractivity contribution >= 4 is 11.6 Å². The van der Waals surface area contributed by atoms with E-state index in [0.29, 0.717) is 10.6 Å². The first-order valence-corrected chi connectivity index (χ1v) is 5.03. The summed E-state index contributed by atoms with van der Waals surface area (Å²) in [5.74, 6) is -0.122. The van der Waals surface area contributed by atoms with Gasteiger partial charge < -0.3 is 5.73 Å². The summed E-state index contributed by atoms with van der Waals surface area (Å²) in [6.07, 6.45) is 0. The molecule has 76 valence electrons. The molecular weight excluding hydrogens is 201 g/mol. The smallest absolute Gasteiger partial charge is 0.128 e. The van der Waals surface area contributed by atoms with E-state index in [1.807, 2.05) is 0 Å². The molecule has 0 amide bonds. The highest BCUT2D eigenvalue weighted by molar-refractivity contribution is 6.30. The van der Waals surface area contributed by atoms with E-state index in [9.17, 15) is 4.39 Å². The van der Waals surface area contributed by atoms with Crippen LogP contribution in [0.5, 0.6) is 0 Å². The second-order valence-electron chi connectivity index (χ2n) is 4.49. The molecule has 14 heavy (non-hydrogen) atoms. The van der Waals surface area contributed by atoms with Crippen LogP contribution in [-0.4, -0.2) is 6.04 Å². The third-order valence-corrected chi connectivity index (χ3v) is 3.44. The first kappa shape index (κ1) is 9.94. The molecule has 0 unspecified atom stereocenters. The second-order valence-corrected chi connectivity index (χ2v) is 4.93. The van der Waals surface area contributed by atoms with Crippen molar-refractivity contribution in [2.45, 2.75) is 25.8 Å². The van der Waals surface area contributed by atoms with Crippen molar-refractivity contribution in [3.05, 3.63) is 34.6 Å². The average Bonchev–Trinajstić information content (AvgIpc) is 2.54. The highest BCUT2D eigenvalue weighted by Gasteiger charge is 2.56. The largest absolute Gasteiger partial charge is 0.327 e. The zero-order valence-electron chi connectivity index (χ0n) is 8.22. The fourth-order valence-electron chi connectivity index (χ4n) is 2.03. The van der Waals surface area contributed by atoms with Gasteiger partial charge in [-0.15, -0.1) is 0 Å². The molecule has 2 atom stereocenters. The van der Waals surface area contributed by atoms with Crippen LogP contribution < -0.4 is 5.73 Å². The standard InChI is InChI=1S/C11H13ClFN/c1-11(2)9(10(11)14)7-4-3-6(12)5-8(7)13/h3-5,9-10H,14H2,1-2H3/t9-,10-/m0/s1. The monoisotopic (exact) mass is 213 g/mol. The zero-order valence-corrected chi connectivity index (χ0v) is 8.98. The molecule has 0 aliphatic heterocycles. The first-order valence-electron chi connectivity index (χ1n) is 4.65. The summed E-state index contributed by atoms with van der Waals surface area (Å²) in [6.45, 7) is 4.10. The molecule has 1 saturated carbocycles. The van der Waals surface area contributed by atoms with Gasteiger partial charge in [0.2, 0.25) is 0 Å². The topological polar surface area (TPSA) is 26.0 Å². The Kier molecular flexibility index (Phi) is 2.09. The van der Waals surface area contributed by atoms with Crippen LogP contribution >= 0.6 is 11.6 Å². The molecule has 0 bridgehead atoms. The Hall–Kier alpha value is -0.600. The van der Waals surface area contributed by atoms with Crippen molar-refractivity contribution in [2.24, 2.45) is 11.1 Å². The summed E-state index contributed by atoms with van der Waals surface area (Å²) in [5.41, 5.74) is 6.58. The lowest BCUT2D eigenvalue weighted by Crippen LogP contribution is -2.06. The van der Waals surface area contributed by atoms with Crippen LogP contribution in [0.2, 0.25) is 5.02 Å². The van der Waals surface area contributed by atoms with Crippen LogP contribution in [0.15, 0.2) is 18.2 Å². The highest BCUT2D eigenvalue weighted by atomic mass is 35.5. The molecule has 2 N–H and O–H groups in total. The van der Waals surface area contributed by atoms with Crippen molar-refractivity contribution in [2.75, 3.05) is 0 Å². The van der Waals surface area contributed by atoms with E-state index in [4.69, 9.17) is 17.3 Å². The third-order valence-electron chi connectivity index (χ3n) is 3.21. The predicted octanol–water partition coefficient (Wildman–Crippen LogP) is 2.93. The van der Waals surface area contributed by atoms with E-state index in [2.05, 4.69) is 13.8 Å². The molecule has 1 nitrogen and oxygen atoms in total. The zero-order chi connectivity index (χ0) is 10.5. The van der Waals surface area contributed by atoms with Crippen LogP contribution in [0, 0.1) is 11.2 Å². The summed E-state index contributed by atoms with van der Waals surface area (Å²) < 4.78 is 13.5. The summed E-state index contributed by atoms with van der Waals surface area (Å²) in [6, 6.07) is 4.84. The molecule has 1 aliphatic rings. The number of hydrogen-bond acceptors (Lipinski definition) is 1. The van der Waals surface area contributed by atoms with Gasteiger partial charge in [0.25, 0.3) is 0 Å². The first-order chi connectivity index (χ1) is 6.44. The Morgan fingerprint density at radius 2 is 2.00 bits per heavy atom.